The lowest BCUT2D eigenvalue weighted by atomic mass is 9.97. The molecule has 0 spiro atoms. The van der Waals surface area contributed by atoms with Crippen molar-refractivity contribution in [2.24, 2.45) is 0 Å². The Bertz CT molecular complexity index is 822. The molecule has 1 aromatic heterocycles. The molecule has 2 aromatic rings. The van der Waals surface area contributed by atoms with E-state index in [-0.39, 0.29) is 11.9 Å². The molecule has 1 saturated heterocycles. The lowest BCUT2D eigenvalue weighted by Crippen LogP contribution is -2.40. The van der Waals surface area contributed by atoms with Crippen LogP contribution in [-0.2, 0) is 0 Å². The number of benzene rings is 1. The first-order valence-electron chi connectivity index (χ1n) is 10.2. The van der Waals surface area contributed by atoms with E-state index in [2.05, 4.69) is 74.2 Å². The maximum atomic E-state index is 12.8. The highest BCUT2D eigenvalue weighted by atomic mass is 79.9. The van der Waals surface area contributed by atoms with E-state index >= 15 is 0 Å². The number of hydrogen-bond acceptors (Lipinski definition) is 5. The predicted octanol–water partition coefficient (Wildman–Crippen LogP) is 5.04. The van der Waals surface area contributed by atoms with Crippen molar-refractivity contribution in [2.45, 2.75) is 50.2 Å². The van der Waals surface area contributed by atoms with Gasteiger partial charge in [0.25, 0.3) is 5.91 Å². The summed E-state index contributed by atoms with van der Waals surface area (Å²) in [5, 5.41) is 3.71. The molecule has 1 aliphatic heterocycles. The summed E-state index contributed by atoms with van der Waals surface area (Å²) in [4.78, 5) is 23.9. The van der Waals surface area contributed by atoms with Crippen molar-refractivity contribution in [3.63, 3.8) is 0 Å². The standard InChI is InChI=1S/C22H29BrN4OS/c1-15(2)16-7-9-17(10-8-16)19(27-11-5-4-6-12-27)14-24-21(28)20-18(23)13-25-22(26-20)29-3/h7-10,13,15,19H,4-6,11-12,14H2,1-3H3,(H,24,28)/t19-/m1/s1. The number of nitrogens with zero attached hydrogens (tertiary/aromatic N) is 3. The highest BCUT2D eigenvalue weighted by molar-refractivity contribution is 9.10. The normalized spacial score (nSPS) is 16.0. The van der Waals surface area contributed by atoms with Crippen LogP contribution in [0.1, 0.15) is 66.7 Å². The number of amides is 1. The van der Waals surface area contributed by atoms with Crippen molar-refractivity contribution in [2.75, 3.05) is 25.9 Å². The molecule has 5 nitrogen and oxygen atoms in total. The van der Waals surface area contributed by atoms with Crippen LogP contribution >= 0.6 is 27.7 Å². The van der Waals surface area contributed by atoms with Crippen molar-refractivity contribution >= 4 is 33.6 Å². The fraction of sp³-hybridized carbons (Fsp3) is 0.500. The van der Waals surface area contributed by atoms with Crippen LogP contribution in [-0.4, -0.2) is 46.7 Å². The van der Waals surface area contributed by atoms with Gasteiger partial charge in [-0.3, -0.25) is 9.69 Å². The number of hydrogen-bond donors (Lipinski definition) is 1. The molecule has 0 bridgehead atoms. The summed E-state index contributed by atoms with van der Waals surface area (Å²) in [6, 6.07) is 9.02. The van der Waals surface area contributed by atoms with Crippen LogP contribution in [0.2, 0.25) is 0 Å². The minimum absolute atomic E-state index is 0.168. The van der Waals surface area contributed by atoms with Gasteiger partial charge in [0, 0.05) is 12.7 Å². The van der Waals surface area contributed by atoms with Gasteiger partial charge in [0.05, 0.1) is 10.5 Å². The minimum atomic E-state index is -0.171. The molecule has 1 N–H and O–H groups in total. The van der Waals surface area contributed by atoms with Crippen LogP contribution < -0.4 is 5.32 Å². The number of aromatic nitrogens is 2. The third-order valence-electron chi connectivity index (χ3n) is 5.39. The largest absolute Gasteiger partial charge is 0.349 e. The van der Waals surface area contributed by atoms with Crippen molar-refractivity contribution in [3.05, 3.63) is 51.8 Å². The zero-order chi connectivity index (χ0) is 20.8. The average molecular weight is 477 g/mol. The molecule has 1 fully saturated rings. The monoisotopic (exact) mass is 476 g/mol. The minimum Gasteiger partial charge on any atom is -0.349 e. The molecule has 2 heterocycles. The summed E-state index contributed by atoms with van der Waals surface area (Å²) < 4.78 is 0.614. The molecule has 3 rings (SSSR count). The van der Waals surface area contributed by atoms with Gasteiger partial charge < -0.3 is 5.32 Å². The second-order valence-electron chi connectivity index (χ2n) is 7.70. The van der Waals surface area contributed by atoms with Crippen LogP contribution in [0.4, 0.5) is 0 Å². The number of thioether (sulfide) groups is 1. The molecular formula is C22H29BrN4OS. The molecule has 7 heteroatoms. The lowest BCUT2D eigenvalue weighted by Gasteiger charge is -2.35. The van der Waals surface area contributed by atoms with E-state index < -0.39 is 0 Å². The molecule has 0 saturated carbocycles. The van der Waals surface area contributed by atoms with Gasteiger partial charge in [-0.05, 0) is 65.2 Å². The molecule has 1 aromatic carbocycles. The summed E-state index contributed by atoms with van der Waals surface area (Å²) in [5.74, 6) is 0.341. The Balaban J connectivity index is 1.77. The maximum Gasteiger partial charge on any atom is 0.271 e. The van der Waals surface area contributed by atoms with E-state index in [0.29, 0.717) is 27.8 Å². The average Bonchev–Trinajstić information content (AvgIpc) is 2.75. The van der Waals surface area contributed by atoms with Crippen LogP contribution in [0.25, 0.3) is 0 Å². The van der Waals surface area contributed by atoms with E-state index in [9.17, 15) is 4.79 Å². The number of halogens is 1. The van der Waals surface area contributed by atoms with Crippen LogP contribution in [0, 0.1) is 0 Å². The van der Waals surface area contributed by atoms with Gasteiger partial charge in [0.15, 0.2) is 5.16 Å². The Kier molecular flexibility index (Phi) is 8.09. The highest BCUT2D eigenvalue weighted by Crippen LogP contribution is 2.26. The number of likely N-dealkylation sites (tertiary alicyclic amines) is 1. The smallest absolute Gasteiger partial charge is 0.271 e. The summed E-state index contributed by atoms with van der Waals surface area (Å²) >= 11 is 4.83. The number of nitrogens with one attached hydrogen (secondary N) is 1. The topological polar surface area (TPSA) is 58.1 Å². The molecule has 1 amide bonds. The first kappa shape index (κ1) is 22.2. The summed E-state index contributed by atoms with van der Waals surface area (Å²) in [5.41, 5.74) is 2.98. The Morgan fingerprint density at radius 1 is 1.17 bits per heavy atom. The highest BCUT2D eigenvalue weighted by Gasteiger charge is 2.24. The number of carbonyl (C=O) groups excluding carboxylic acids is 1. The van der Waals surface area contributed by atoms with E-state index in [4.69, 9.17) is 0 Å². The summed E-state index contributed by atoms with van der Waals surface area (Å²) in [6.45, 7) is 7.12. The van der Waals surface area contributed by atoms with E-state index in [1.807, 2.05) is 6.26 Å². The van der Waals surface area contributed by atoms with Gasteiger partial charge in [0.2, 0.25) is 0 Å². The molecule has 156 valence electrons. The Morgan fingerprint density at radius 3 is 2.45 bits per heavy atom. The molecule has 1 aliphatic rings. The van der Waals surface area contributed by atoms with Crippen LogP contribution in [0.3, 0.4) is 0 Å². The van der Waals surface area contributed by atoms with Gasteiger partial charge in [-0.15, -0.1) is 0 Å². The second-order valence-corrected chi connectivity index (χ2v) is 9.32. The third kappa shape index (κ3) is 5.80. The Morgan fingerprint density at radius 2 is 1.83 bits per heavy atom. The zero-order valence-corrected chi connectivity index (χ0v) is 19.7. The summed E-state index contributed by atoms with van der Waals surface area (Å²) in [7, 11) is 0. The lowest BCUT2D eigenvalue weighted by molar-refractivity contribution is 0.0917. The Hall–Kier alpha value is -1.44. The van der Waals surface area contributed by atoms with Crippen molar-refractivity contribution in [1.82, 2.24) is 20.2 Å². The van der Waals surface area contributed by atoms with E-state index in [1.54, 1.807) is 6.20 Å². The van der Waals surface area contributed by atoms with Crippen LogP contribution in [0.5, 0.6) is 0 Å². The quantitative estimate of drug-likeness (QED) is 0.447. The maximum absolute atomic E-state index is 12.8. The molecule has 0 aliphatic carbocycles. The number of piperidine rings is 1. The summed E-state index contributed by atoms with van der Waals surface area (Å²) in [6.07, 6.45) is 7.25. The molecule has 1 atom stereocenters. The van der Waals surface area contributed by atoms with Gasteiger partial charge in [-0.2, -0.15) is 0 Å². The van der Waals surface area contributed by atoms with Gasteiger partial charge >= 0.3 is 0 Å². The molecule has 0 unspecified atom stereocenters. The first-order valence-corrected chi connectivity index (χ1v) is 12.2. The van der Waals surface area contributed by atoms with Crippen molar-refractivity contribution in [3.8, 4) is 0 Å². The first-order chi connectivity index (χ1) is 14.0. The van der Waals surface area contributed by atoms with Crippen molar-refractivity contribution in [1.29, 1.82) is 0 Å². The second kappa shape index (κ2) is 10.5. The van der Waals surface area contributed by atoms with Gasteiger partial charge in [-0.25, -0.2) is 9.97 Å². The molecule has 0 radical (unpaired) electrons. The van der Waals surface area contributed by atoms with E-state index in [1.165, 1.54) is 42.2 Å². The van der Waals surface area contributed by atoms with E-state index in [0.717, 1.165) is 13.1 Å². The molecular weight excluding hydrogens is 448 g/mol. The predicted molar refractivity (Wildman–Crippen MR) is 123 cm³/mol. The number of rotatable bonds is 7. The fourth-order valence-corrected chi connectivity index (χ4v) is 4.38. The van der Waals surface area contributed by atoms with Crippen molar-refractivity contribution < 1.29 is 4.79 Å². The Labute approximate surface area is 186 Å². The molecule has 29 heavy (non-hydrogen) atoms. The SMILES string of the molecule is CSc1ncc(Br)c(C(=O)NC[C@H](c2ccc(C(C)C)cc2)N2CCCCC2)n1. The zero-order valence-electron chi connectivity index (χ0n) is 17.3. The number of carbonyl (C=O) groups is 1. The third-order valence-corrected chi connectivity index (χ3v) is 6.54. The van der Waals surface area contributed by atoms with Gasteiger partial charge in [-0.1, -0.05) is 56.3 Å². The van der Waals surface area contributed by atoms with Gasteiger partial charge in [0.1, 0.15) is 5.69 Å². The van der Waals surface area contributed by atoms with Crippen LogP contribution in [0.15, 0.2) is 40.1 Å². The fourth-order valence-electron chi connectivity index (χ4n) is 3.67.